The number of thioether (sulfide) groups is 1. The van der Waals surface area contributed by atoms with Gasteiger partial charge < -0.3 is 10.1 Å². The molecule has 5 nitrogen and oxygen atoms in total. The Morgan fingerprint density at radius 2 is 2.07 bits per heavy atom. The lowest BCUT2D eigenvalue weighted by molar-refractivity contribution is -0.116. The first-order chi connectivity index (χ1) is 14.5. The van der Waals surface area contributed by atoms with Crippen molar-refractivity contribution in [2.45, 2.75) is 17.5 Å². The standard InChI is InChI=1S/C21H16Cl2N2O3S2/c22-12-5-6-14(23)15(7-12)24-17(26)8-25-20-19(30-21(25)27)18-11(10-29-20)9-28-16-4-2-1-3-13(16)18/h1-7,11,18H,8-10H2,(H,24,26)/t11-,18+/m0/s1. The highest BCUT2D eigenvalue weighted by atomic mass is 35.5. The first-order valence-electron chi connectivity index (χ1n) is 9.34. The number of aromatic nitrogens is 1. The Morgan fingerprint density at radius 3 is 2.93 bits per heavy atom. The van der Waals surface area contributed by atoms with E-state index in [1.54, 1.807) is 34.5 Å². The maximum atomic E-state index is 12.8. The SMILES string of the molecule is O=C(Cn1c2c(sc1=O)[C@H]1c3ccccc3OC[C@H]1CS2)Nc1cc(Cl)ccc1Cl. The Morgan fingerprint density at radius 1 is 1.23 bits per heavy atom. The number of anilines is 1. The number of carbonyl (C=O) groups excluding carboxylic acids is 1. The maximum absolute atomic E-state index is 12.8. The van der Waals surface area contributed by atoms with E-state index in [1.165, 1.54) is 11.3 Å². The fraction of sp³-hybridized carbons (Fsp3) is 0.238. The summed E-state index contributed by atoms with van der Waals surface area (Å²) in [4.78, 5) is 26.4. The lowest BCUT2D eigenvalue weighted by Gasteiger charge is -2.36. The number of thiazole rings is 1. The minimum Gasteiger partial charge on any atom is -0.493 e. The van der Waals surface area contributed by atoms with Crippen LogP contribution in [-0.4, -0.2) is 22.8 Å². The van der Waals surface area contributed by atoms with E-state index in [4.69, 9.17) is 27.9 Å². The molecule has 2 aromatic carbocycles. The van der Waals surface area contributed by atoms with Gasteiger partial charge in [-0.1, -0.05) is 52.7 Å². The molecule has 2 aliphatic heterocycles. The molecule has 3 aromatic rings. The second-order valence-electron chi connectivity index (χ2n) is 7.19. The number of nitrogens with zero attached hydrogens (tertiary/aromatic N) is 1. The van der Waals surface area contributed by atoms with Crippen LogP contribution in [-0.2, 0) is 11.3 Å². The number of fused-ring (bicyclic) bond motifs is 5. The van der Waals surface area contributed by atoms with E-state index in [9.17, 15) is 9.59 Å². The summed E-state index contributed by atoms with van der Waals surface area (Å²) in [6.45, 7) is 0.560. The van der Waals surface area contributed by atoms with E-state index in [2.05, 4.69) is 11.4 Å². The number of benzene rings is 2. The van der Waals surface area contributed by atoms with Crippen LogP contribution in [0.1, 0.15) is 16.4 Å². The summed E-state index contributed by atoms with van der Waals surface area (Å²) in [7, 11) is 0. The summed E-state index contributed by atoms with van der Waals surface area (Å²) in [5.41, 5.74) is 1.54. The number of rotatable bonds is 3. The molecule has 9 heteroatoms. The van der Waals surface area contributed by atoms with Crippen LogP contribution in [0.25, 0.3) is 0 Å². The molecule has 0 spiro atoms. The quantitative estimate of drug-likeness (QED) is 0.568. The van der Waals surface area contributed by atoms with Gasteiger partial charge in [0.2, 0.25) is 5.91 Å². The van der Waals surface area contributed by atoms with Crippen LogP contribution >= 0.6 is 46.3 Å². The Bertz CT molecular complexity index is 1210. The van der Waals surface area contributed by atoms with Gasteiger partial charge in [0.15, 0.2) is 0 Å². The molecule has 0 saturated heterocycles. The highest BCUT2D eigenvalue weighted by Crippen LogP contribution is 2.50. The predicted molar refractivity (Wildman–Crippen MR) is 122 cm³/mol. The highest BCUT2D eigenvalue weighted by Gasteiger charge is 2.39. The molecule has 30 heavy (non-hydrogen) atoms. The van der Waals surface area contributed by atoms with Crippen molar-refractivity contribution in [2.75, 3.05) is 17.7 Å². The third kappa shape index (κ3) is 3.54. The van der Waals surface area contributed by atoms with Gasteiger partial charge in [-0.2, -0.15) is 0 Å². The molecule has 0 unspecified atom stereocenters. The fourth-order valence-corrected chi connectivity index (χ4v) is 6.95. The summed E-state index contributed by atoms with van der Waals surface area (Å²) >= 11 is 15.0. The van der Waals surface area contributed by atoms with E-state index < -0.39 is 0 Å². The molecule has 0 bridgehead atoms. The number of halogens is 2. The van der Waals surface area contributed by atoms with Crippen LogP contribution in [0.15, 0.2) is 52.3 Å². The Hall–Kier alpha value is -1.93. The smallest absolute Gasteiger partial charge is 0.308 e. The van der Waals surface area contributed by atoms with Crippen molar-refractivity contribution >= 4 is 57.9 Å². The Balaban J connectivity index is 1.46. The largest absolute Gasteiger partial charge is 0.493 e. The van der Waals surface area contributed by atoms with Gasteiger partial charge in [-0.15, -0.1) is 11.8 Å². The van der Waals surface area contributed by atoms with Gasteiger partial charge in [0, 0.05) is 33.1 Å². The summed E-state index contributed by atoms with van der Waals surface area (Å²) in [6.07, 6.45) is 0. The topological polar surface area (TPSA) is 60.3 Å². The van der Waals surface area contributed by atoms with E-state index in [-0.39, 0.29) is 23.2 Å². The van der Waals surface area contributed by atoms with Gasteiger partial charge in [-0.05, 0) is 24.3 Å². The second-order valence-corrected chi connectivity index (χ2v) is 10.0. The van der Waals surface area contributed by atoms with E-state index >= 15 is 0 Å². The molecular weight excluding hydrogens is 463 g/mol. The van der Waals surface area contributed by atoms with E-state index in [1.807, 2.05) is 18.2 Å². The third-order valence-electron chi connectivity index (χ3n) is 5.27. The number of para-hydroxylation sites is 1. The van der Waals surface area contributed by atoms with E-state index in [0.29, 0.717) is 28.3 Å². The van der Waals surface area contributed by atoms with Crippen molar-refractivity contribution in [2.24, 2.45) is 5.92 Å². The van der Waals surface area contributed by atoms with Gasteiger partial charge in [0.25, 0.3) is 0 Å². The molecule has 2 aliphatic rings. The number of amides is 1. The van der Waals surface area contributed by atoms with Crippen LogP contribution < -0.4 is 14.9 Å². The van der Waals surface area contributed by atoms with Crippen molar-refractivity contribution in [1.29, 1.82) is 0 Å². The van der Waals surface area contributed by atoms with E-state index in [0.717, 1.165) is 27.0 Å². The zero-order chi connectivity index (χ0) is 20.8. The fourth-order valence-electron chi connectivity index (χ4n) is 3.92. The normalized spacial score (nSPS) is 19.3. The lowest BCUT2D eigenvalue weighted by atomic mass is 9.84. The van der Waals surface area contributed by atoms with Crippen LogP contribution in [0.3, 0.4) is 0 Å². The summed E-state index contributed by atoms with van der Waals surface area (Å²) < 4.78 is 7.48. The molecule has 3 heterocycles. The van der Waals surface area contributed by atoms with Gasteiger partial charge in [0.1, 0.15) is 12.3 Å². The maximum Gasteiger partial charge on any atom is 0.308 e. The third-order valence-corrected chi connectivity index (χ3v) is 8.34. The van der Waals surface area contributed by atoms with Crippen molar-refractivity contribution in [3.63, 3.8) is 0 Å². The minimum absolute atomic E-state index is 0.0734. The molecule has 0 radical (unpaired) electrons. The van der Waals surface area contributed by atoms with Gasteiger partial charge in [-0.3, -0.25) is 14.2 Å². The van der Waals surface area contributed by atoms with Crippen LogP contribution in [0.4, 0.5) is 5.69 Å². The molecule has 0 fully saturated rings. The van der Waals surface area contributed by atoms with Gasteiger partial charge in [0.05, 0.1) is 22.3 Å². The first kappa shape index (κ1) is 20.0. The monoisotopic (exact) mass is 478 g/mol. The first-order valence-corrected chi connectivity index (χ1v) is 11.9. The number of carbonyl (C=O) groups is 1. The molecule has 1 amide bonds. The molecule has 1 N–H and O–H groups in total. The predicted octanol–water partition coefficient (Wildman–Crippen LogP) is 5.10. The number of hydrogen-bond acceptors (Lipinski definition) is 5. The summed E-state index contributed by atoms with van der Waals surface area (Å²) in [5, 5.41) is 4.49. The molecule has 5 rings (SSSR count). The molecule has 0 saturated carbocycles. The van der Waals surface area contributed by atoms with Gasteiger partial charge in [-0.25, -0.2) is 0 Å². The number of ether oxygens (including phenoxy) is 1. The second kappa shape index (κ2) is 7.96. The number of nitrogens with one attached hydrogen (secondary N) is 1. The van der Waals surface area contributed by atoms with Crippen LogP contribution in [0.2, 0.25) is 10.0 Å². The van der Waals surface area contributed by atoms with Crippen molar-refractivity contribution in [3.05, 3.63) is 72.6 Å². The summed E-state index contributed by atoms with van der Waals surface area (Å²) in [6, 6.07) is 12.8. The molecule has 154 valence electrons. The molecule has 0 aliphatic carbocycles. The summed E-state index contributed by atoms with van der Waals surface area (Å²) in [5.74, 6) is 1.82. The van der Waals surface area contributed by atoms with Crippen LogP contribution in [0, 0.1) is 5.92 Å². The van der Waals surface area contributed by atoms with Gasteiger partial charge >= 0.3 is 4.87 Å². The van der Waals surface area contributed by atoms with Crippen LogP contribution in [0.5, 0.6) is 5.75 Å². The highest BCUT2D eigenvalue weighted by molar-refractivity contribution is 7.99. The molecule has 1 aromatic heterocycles. The zero-order valence-electron chi connectivity index (χ0n) is 15.6. The molecular formula is C21H16Cl2N2O3S2. The van der Waals surface area contributed by atoms with Crippen molar-refractivity contribution in [1.82, 2.24) is 4.57 Å². The Kier molecular flexibility index (Phi) is 5.31. The Labute approximate surface area is 191 Å². The zero-order valence-corrected chi connectivity index (χ0v) is 18.7. The average molecular weight is 479 g/mol. The number of hydrogen-bond donors (Lipinski definition) is 1. The average Bonchev–Trinajstić information content (AvgIpc) is 3.05. The lowest BCUT2D eigenvalue weighted by Crippen LogP contribution is -2.31. The van der Waals surface area contributed by atoms with Crippen molar-refractivity contribution in [3.8, 4) is 5.75 Å². The van der Waals surface area contributed by atoms with Crippen molar-refractivity contribution < 1.29 is 9.53 Å². The molecule has 2 atom stereocenters. The minimum atomic E-state index is -0.322.